The van der Waals surface area contributed by atoms with Gasteiger partial charge in [-0.15, -0.1) is 0 Å². The third-order valence-electron chi connectivity index (χ3n) is 7.07. The van der Waals surface area contributed by atoms with Crippen molar-refractivity contribution in [1.29, 1.82) is 0 Å². The largest absolute Gasteiger partial charge is 0.451 e. The summed E-state index contributed by atoms with van der Waals surface area (Å²) < 4.78 is 46.7. The Bertz CT molecular complexity index is 947. The van der Waals surface area contributed by atoms with E-state index in [1.807, 2.05) is 10.7 Å². The lowest BCUT2D eigenvalue weighted by atomic mass is 10.0. The number of hydrogen-bond donors (Lipinski definition) is 0. The molecular formula is C22H28F3N5O. The molecule has 2 saturated carbocycles. The summed E-state index contributed by atoms with van der Waals surface area (Å²) in [5.41, 5.74) is 1.83. The zero-order valence-electron chi connectivity index (χ0n) is 18.0. The Balaban J connectivity index is 1.37. The van der Waals surface area contributed by atoms with E-state index in [9.17, 15) is 13.2 Å². The van der Waals surface area contributed by atoms with Crippen molar-refractivity contribution in [2.75, 3.05) is 19.8 Å². The maximum absolute atomic E-state index is 13.0. The molecule has 0 aromatic carbocycles. The van der Waals surface area contributed by atoms with Crippen molar-refractivity contribution in [2.24, 2.45) is 11.8 Å². The van der Waals surface area contributed by atoms with Crippen LogP contribution in [0.2, 0.25) is 0 Å². The van der Waals surface area contributed by atoms with Crippen LogP contribution in [0.4, 0.5) is 13.2 Å². The van der Waals surface area contributed by atoms with E-state index in [2.05, 4.69) is 40.7 Å². The summed E-state index contributed by atoms with van der Waals surface area (Å²) >= 11 is 0. The smallest absolute Gasteiger partial charge is 0.379 e. The molecule has 0 bridgehead atoms. The van der Waals surface area contributed by atoms with Crippen LogP contribution < -0.4 is 0 Å². The van der Waals surface area contributed by atoms with Crippen molar-refractivity contribution in [2.45, 2.75) is 63.8 Å². The summed E-state index contributed by atoms with van der Waals surface area (Å²) in [5, 5.41) is 4.64. The molecule has 3 atom stereocenters. The molecule has 5 rings (SSSR count). The average molecular weight is 435 g/mol. The number of ether oxygens (including phenoxy) is 1. The molecule has 31 heavy (non-hydrogen) atoms. The van der Waals surface area contributed by atoms with Crippen molar-refractivity contribution in [3.05, 3.63) is 29.8 Å². The van der Waals surface area contributed by atoms with E-state index in [-0.39, 0.29) is 11.7 Å². The Morgan fingerprint density at radius 3 is 2.55 bits per heavy atom. The third-order valence-corrected chi connectivity index (χ3v) is 7.07. The number of alkyl halides is 3. The number of aromatic nitrogens is 4. The summed E-state index contributed by atoms with van der Waals surface area (Å²) in [5.74, 6) is 0.549. The van der Waals surface area contributed by atoms with Gasteiger partial charge in [-0.1, -0.05) is 0 Å². The first-order chi connectivity index (χ1) is 14.7. The molecule has 0 unspecified atom stereocenters. The van der Waals surface area contributed by atoms with Crippen molar-refractivity contribution in [3.63, 3.8) is 0 Å². The maximum atomic E-state index is 13.0. The summed E-state index contributed by atoms with van der Waals surface area (Å²) in [7, 11) is 0. The highest BCUT2D eigenvalue weighted by molar-refractivity contribution is 5.55. The first kappa shape index (κ1) is 20.9. The summed E-state index contributed by atoms with van der Waals surface area (Å²) in [4.78, 5) is 9.69. The van der Waals surface area contributed by atoms with Crippen molar-refractivity contribution in [3.8, 4) is 11.4 Å². The predicted octanol–water partition coefficient (Wildman–Crippen LogP) is 4.15. The summed E-state index contributed by atoms with van der Waals surface area (Å²) in [6.45, 7) is 8.95. The Morgan fingerprint density at radius 1 is 1.16 bits per heavy atom. The number of fused-ring (bicyclic) bond motifs is 1. The zero-order chi connectivity index (χ0) is 21.9. The van der Waals surface area contributed by atoms with Crippen LogP contribution in [-0.4, -0.2) is 56.5 Å². The van der Waals surface area contributed by atoms with E-state index in [0.717, 1.165) is 31.6 Å². The fourth-order valence-corrected chi connectivity index (χ4v) is 5.64. The Kier molecular flexibility index (Phi) is 5.08. The van der Waals surface area contributed by atoms with Gasteiger partial charge in [0, 0.05) is 42.5 Å². The van der Waals surface area contributed by atoms with Gasteiger partial charge in [-0.25, -0.2) is 9.97 Å². The molecule has 168 valence electrons. The van der Waals surface area contributed by atoms with Gasteiger partial charge in [0.25, 0.3) is 0 Å². The number of morpholine rings is 1. The van der Waals surface area contributed by atoms with Gasteiger partial charge in [-0.2, -0.15) is 18.3 Å². The van der Waals surface area contributed by atoms with Gasteiger partial charge in [-0.3, -0.25) is 9.58 Å². The molecule has 2 aromatic rings. The topological polar surface area (TPSA) is 56.1 Å². The molecule has 2 aliphatic carbocycles. The van der Waals surface area contributed by atoms with Gasteiger partial charge in [-0.05, 0) is 57.6 Å². The zero-order valence-corrected chi connectivity index (χ0v) is 18.0. The first-order valence-electron chi connectivity index (χ1n) is 11.1. The molecule has 1 saturated heterocycles. The standard InChI is InChI=1S/C22H28F3N5O/c1-12(2)30-19(10-18(28-30)17-4-5-26-21(27-17)22(23,24)25)20-15-8-14(9-16(15)20)29-6-7-31-11-13(29)3/h4-5,10,12-16,20H,6-9,11H2,1-3H3/t13-,14?,15-,16-,20?/m1/s1. The van der Waals surface area contributed by atoms with Gasteiger partial charge < -0.3 is 4.74 Å². The third kappa shape index (κ3) is 3.75. The van der Waals surface area contributed by atoms with Crippen molar-refractivity contribution >= 4 is 0 Å². The van der Waals surface area contributed by atoms with E-state index in [0.29, 0.717) is 35.5 Å². The second-order valence-electron chi connectivity index (χ2n) is 9.40. The maximum Gasteiger partial charge on any atom is 0.451 e. The first-order valence-corrected chi connectivity index (χ1v) is 11.1. The molecule has 3 fully saturated rings. The van der Waals surface area contributed by atoms with E-state index in [4.69, 9.17) is 4.74 Å². The normalized spacial score (nSPS) is 29.5. The predicted molar refractivity (Wildman–Crippen MR) is 108 cm³/mol. The fraction of sp³-hybridized carbons (Fsp3) is 0.682. The molecule has 3 aliphatic rings. The number of nitrogens with zero attached hydrogens (tertiary/aromatic N) is 5. The highest BCUT2D eigenvalue weighted by Crippen LogP contribution is 2.64. The van der Waals surface area contributed by atoms with Gasteiger partial charge in [0.15, 0.2) is 0 Å². The lowest BCUT2D eigenvalue weighted by Gasteiger charge is -2.38. The number of hydrogen-bond acceptors (Lipinski definition) is 5. The van der Waals surface area contributed by atoms with Gasteiger partial charge in [0.05, 0.1) is 18.9 Å². The molecule has 0 spiro atoms. The lowest BCUT2D eigenvalue weighted by Crippen LogP contribution is -2.49. The molecule has 0 amide bonds. The summed E-state index contributed by atoms with van der Waals surface area (Å²) in [6, 6.07) is 4.64. The molecule has 0 radical (unpaired) electrons. The van der Waals surface area contributed by atoms with Crippen LogP contribution in [0.5, 0.6) is 0 Å². The number of halogens is 3. The van der Waals surface area contributed by atoms with Crippen LogP contribution in [0.1, 0.15) is 57.1 Å². The van der Waals surface area contributed by atoms with E-state index >= 15 is 0 Å². The molecule has 1 aliphatic heterocycles. The van der Waals surface area contributed by atoms with Gasteiger partial charge in [0.1, 0.15) is 5.69 Å². The SMILES string of the molecule is CC(C)n1nc(-c2ccnc(C(F)(F)F)n2)cc1C1[C@@H]2CC(N3CCOC[C@H]3C)C[C@@H]12. The van der Waals surface area contributed by atoms with Crippen molar-refractivity contribution in [1.82, 2.24) is 24.6 Å². The molecule has 6 nitrogen and oxygen atoms in total. The van der Waals surface area contributed by atoms with Gasteiger partial charge in [0.2, 0.25) is 5.82 Å². The van der Waals surface area contributed by atoms with Crippen LogP contribution in [0.3, 0.4) is 0 Å². The van der Waals surface area contributed by atoms with Crippen LogP contribution in [0.25, 0.3) is 11.4 Å². The van der Waals surface area contributed by atoms with Crippen LogP contribution in [0.15, 0.2) is 18.3 Å². The number of rotatable bonds is 4. The molecule has 9 heteroatoms. The van der Waals surface area contributed by atoms with Gasteiger partial charge >= 0.3 is 6.18 Å². The second-order valence-corrected chi connectivity index (χ2v) is 9.40. The van der Waals surface area contributed by atoms with Crippen LogP contribution in [0, 0.1) is 11.8 Å². The minimum Gasteiger partial charge on any atom is -0.379 e. The quantitative estimate of drug-likeness (QED) is 0.722. The molecule has 3 heterocycles. The highest BCUT2D eigenvalue weighted by Gasteiger charge is 2.59. The molecule has 2 aromatic heterocycles. The van der Waals surface area contributed by atoms with Crippen LogP contribution >= 0.6 is 0 Å². The van der Waals surface area contributed by atoms with Crippen molar-refractivity contribution < 1.29 is 17.9 Å². The Morgan fingerprint density at radius 2 is 1.90 bits per heavy atom. The Hall–Kier alpha value is -2.00. The minimum absolute atomic E-state index is 0.129. The Labute approximate surface area is 179 Å². The average Bonchev–Trinajstić information content (AvgIpc) is 3.09. The second kappa shape index (κ2) is 7.55. The fourth-order valence-electron chi connectivity index (χ4n) is 5.64. The highest BCUT2D eigenvalue weighted by atomic mass is 19.4. The van der Waals surface area contributed by atoms with E-state index in [1.54, 1.807) is 0 Å². The van der Waals surface area contributed by atoms with Crippen LogP contribution in [-0.2, 0) is 10.9 Å². The minimum atomic E-state index is -4.57. The molecular weight excluding hydrogens is 407 g/mol. The lowest BCUT2D eigenvalue weighted by molar-refractivity contribution is -0.144. The van der Waals surface area contributed by atoms with E-state index < -0.39 is 12.0 Å². The van der Waals surface area contributed by atoms with E-state index in [1.165, 1.54) is 18.9 Å². The molecule has 0 N–H and O–H groups in total. The monoisotopic (exact) mass is 435 g/mol. The summed E-state index contributed by atoms with van der Waals surface area (Å²) in [6.07, 6.45) is -1.08.